The highest BCUT2D eigenvalue weighted by molar-refractivity contribution is 6.14. The first-order valence-corrected chi connectivity index (χ1v) is 10.6. The first-order chi connectivity index (χ1) is 15.4. The number of piperazine rings is 1. The average Bonchev–Trinajstić information content (AvgIpc) is 2.78. The second-order valence-electron chi connectivity index (χ2n) is 8.09. The third-order valence-electron chi connectivity index (χ3n) is 5.67. The van der Waals surface area contributed by atoms with Crippen molar-refractivity contribution in [1.82, 2.24) is 20.3 Å². The largest absolute Gasteiger partial charge is 0.495 e. The number of nitrogens with one attached hydrogen (secondary N) is 2. The lowest BCUT2D eigenvalue weighted by molar-refractivity contribution is 0.102. The third-order valence-corrected chi connectivity index (χ3v) is 5.67. The highest BCUT2D eigenvalue weighted by atomic mass is 16.5. The quantitative estimate of drug-likeness (QED) is 0.630. The van der Waals surface area contributed by atoms with Crippen LogP contribution >= 0.6 is 0 Å². The van der Waals surface area contributed by atoms with Gasteiger partial charge in [-0.2, -0.15) is 4.98 Å². The molecule has 0 radical (unpaired) electrons. The highest BCUT2D eigenvalue weighted by Gasteiger charge is 2.25. The van der Waals surface area contributed by atoms with Crippen LogP contribution in [0, 0.1) is 6.92 Å². The molecule has 168 valence electrons. The minimum absolute atomic E-state index is 0.213. The Hall–Kier alpha value is -3.46. The molecular formula is C23H28N6O3. The number of anilines is 2. The molecule has 9 heteroatoms. The Balaban J connectivity index is 1.76. The number of methoxy groups -OCH3 is 2. The maximum Gasteiger partial charge on any atom is 0.316 e. The molecular weight excluding hydrogens is 408 g/mol. The first-order valence-electron chi connectivity index (χ1n) is 10.6. The highest BCUT2D eigenvalue weighted by Crippen LogP contribution is 2.31. The zero-order valence-corrected chi connectivity index (χ0v) is 19.0. The predicted octanol–water partition coefficient (Wildman–Crippen LogP) is 2.79. The van der Waals surface area contributed by atoms with Gasteiger partial charge in [0.25, 0.3) is 5.91 Å². The van der Waals surface area contributed by atoms with Crippen LogP contribution in [0.2, 0.25) is 0 Å². The molecule has 3 heterocycles. The SMILES string of the molecule is COc1ncc2c(N3C[C@@H](C)N[C@H](C)C3)ccc(C(=O)Nc3cncc(OC)c3C)c2n1. The van der Waals surface area contributed by atoms with Crippen molar-refractivity contribution < 1.29 is 14.3 Å². The van der Waals surface area contributed by atoms with Gasteiger partial charge in [-0.15, -0.1) is 0 Å². The second kappa shape index (κ2) is 8.96. The molecule has 1 aliphatic rings. The van der Waals surface area contributed by atoms with Crippen LogP contribution in [-0.2, 0) is 0 Å². The van der Waals surface area contributed by atoms with Crippen molar-refractivity contribution >= 4 is 28.2 Å². The van der Waals surface area contributed by atoms with Gasteiger partial charge >= 0.3 is 6.01 Å². The Labute approximate surface area is 187 Å². The van der Waals surface area contributed by atoms with E-state index in [9.17, 15) is 4.79 Å². The molecule has 1 amide bonds. The van der Waals surface area contributed by atoms with E-state index in [4.69, 9.17) is 9.47 Å². The monoisotopic (exact) mass is 436 g/mol. The number of hydrogen-bond acceptors (Lipinski definition) is 8. The molecule has 4 rings (SSSR count). The summed E-state index contributed by atoms with van der Waals surface area (Å²) in [4.78, 5) is 28.6. The van der Waals surface area contributed by atoms with E-state index in [1.165, 1.54) is 7.11 Å². The summed E-state index contributed by atoms with van der Waals surface area (Å²) < 4.78 is 10.6. The van der Waals surface area contributed by atoms with Gasteiger partial charge in [0.1, 0.15) is 5.75 Å². The van der Waals surface area contributed by atoms with E-state index in [1.54, 1.807) is 31.8 Å². The average molecular weight is 437 g/mol. The van der Waals surface area contributed by atoms with Crippen molar-refractivity contribution in [2.45, 2.75) is 32.9 Å². The summed E-state index contributed by atoms with van der Waals surface area (Å²) in [6.07, 6.45) is 4.94. The summed E-state index contributed by atoms with van der Waals surface area (Å²) >= 11 is 0. The van der Waals surface area contributed by atoms with Gasteiger partial charge in [0.2, 0.25) is 0 Å². The normalized spacial score (nSPS) is 18.5. The van der Waals surface area contributed by atoms with Gasteiger partial charge < -0.3 is 25.0 Å². The van der Waals surface area contributed by atoms with E-state index in [2.05, 4.69) is 44.3 Å². The van der Waals surface area contributed by atoms with E-state index in [1.807, 2.05) is 13.0 Å². The maximum absolute atomic E-state index is 13.3. The number of fused-ring (bicyclic) bond motifs is 1. The number of carbonyl (C=O) groups is 1. The van der Waals surface area contributed by atoms with Crippen molar-refractivity contribution in [3.63, 3.8) is 0 Å². The zero-order chi connectivity index (χ0) is 22.8. The Morgan fingerprint density at radius 3 is 2.56 bits per heavy atom. The van der Waals surface area contributed by atoms with Crippen LogP contribution in [0.3, 0.4) is 0 Å². The number of amides is 1. The van der Waals surface area contributed by atoms with Crippen molar-refractivity contribution in [1.29, 1.82) is 0 Å². The van der Waals surface area contributed by atoms with Gasteiger partial charge in [0.05, 0.1) is 43.4 Å². The van der Waals surface area contributed by atoms with Crippen LogP contribution in [0.5, 0.6) is 11.8 Å². The fourth-order valence-electron chi connectivity index (χ4n) is 4.20. The number of benzene rings is 1. The smallest absolute Gasteiger partial charge is 0.316 e. The summed E-state index contributed by atoms with van der Waals surface area (Å²) in [5, 5.41) is 7.29. The van der Waals surface area contributed by atoms with Crippen molar-refractivity contribution in [3.05, 3.63) is 41.9 Å². The number of aromatic nitrogens is 3. The Morgan fingerprint density at radius 1 is 1.12 bits per heavy atom. The Kier molecular flexibility index (Phi) is 6.09. The zero-order valence-electron chi connectivity index (χ0n) is 19.0. The molecule has 0 bridgehead atoms. The molecule has 2 atom stereocenters. The van der Waals surface area contributed by atoms with Crippen molar-refractivity contribution in [2.75, 3.05) is 37.5 Å². The third kappa shape index (κ3) is 4.16. The predicted molar refractivity (Wildman–Crippen MR) is 124 cm³/mol. The van der Waals surface area contributed by atoms with Crippen LogP contribution in [0.1, 0.15) is 29.8 Å². The van der Waals surface area contributed by atoms with Gasteiger partial charge in [-0.3, -0.25) is 9.78 Å². The molecule has 0 unspecified atom stereocenters. The lowest BCUT2D eigenvalue weighted by Crippen LogP contribution is -2.54. The summed E-state index contributed by atoms with van der Waals surface area (Å²) in [6, 6.07) is 4.68. The molecule has 0 aliphatic carbocycles. The molecule has 0 saturated carbocycles. The number of pyridine rings is 1. The first kappa shape index (κ1) is 21.8. The van der Waals surface area contributed by atoms with Gasteiger partial charge in [-0.25, -0.2) is 4.98 Å². The fraction of sp³-hybridized carbons (Fsp3) is 0.391. The second-order valence-corrected chi connectivity index (χ2v) is 8.09. The summed E-state index contributed by atoms with van der Waals surface area (Å²) in [7, 11) is 3.08. The van der Waals surface area contributed by atoms with Crippen LogP contribution in [-0.4, -0.2) is 60.3 Å². The molecule has 3 aromatic rings. The van der Waals surface area contributed by atoms with Gasteiger partial charge in [0.15, 0.2) is 0 Å². The van der Waals surface area contributed by atoms with Gasteiger partial charge in [-0.05, 0) is 32.9 Å². The summed E-state index contributed by atoms with van der Waals surface area (Å²) in [5.41, 5.74) is 3.35. The molecule has 1 fully saturated rings. The summed E-state index contributed by atoms with van der Waals surface area (Å²) in [5.74, 6) is 0.316. The minimum atomic E-state index is -0.289. The molecule has 1 aliphatic heterocycles. The number of hydrogen-bond donors (Lipinski definition) is 2. The van der Waals surface area contributed by atoms with E-state index in [-0.39, 0.29) is 11.9 Å². The molecule has 1 saturated heterocycles. The summed E-state index contributed by atoms with van der Waals surface area (Å²) in [6.45, 7) is 7.90. The number of ether oxygens (including phenoxy) is 2. The Morgan fingerprint density at radius 2 is 1.88 bits per heavy atom. The lowest BCUT2D eigenvalue weighted by atomic mass is 10.0. The van der Waals surface area contributed by atoms with Crippen LogP contribution in [0.25, 0.3) is 10.9 Å². The molecule has 1 aromatic carbocycles. The van der Waals surface area contributed by atoms with E-state index in [0.29, 0.717) is 34.6 Å². The van der Waals surface area contributed by atoms with Crippen LogP contribution < -0.4 is 25.0 Å². The van der Waals surface area contributed by atoms with Crippen LogP contribution in [0.15, 0.2) is 30.7 Å². The van der Waals surface area contributed by atoms with E-state index in [0.717, 1.165) is 29.7 Å². The lowest BCUT2D eigenvalue weighted by Gasteiger charge is -2.38. The van der Waals surface area contributed by atoms with Crippen molar-refractivity contribution in [3.8, 4) is 11.8 Å². The standard InChI is InChI=1S/C23H28N6O3/c1-13-11-29(12-14(2)26-13)19-7-6-16(21-17(19)8-25-23(28-21)32-5)22(30)27-18-9-24-10-20(31-4)15(18)3/h6-10,13-14,26H,11-12H2,1-5H3,(H,27,30)/t13-,14-/m1/s1. The number of carbonyl (C=O) groups excluding carboxylic acids is 1. The number of rotatable bonds is 5. The van der Waals surface area contributed by atoms with E-state index < -0.39 is 0 Å². The maximum atomic E-state index is 13.3. The number of nitrogens with zero attached hydrogens (tertiary/aromatic N) is 4. The fourth-order valence-corrected chi connectivity index (χ4v) is 4.20. The molecule has 2 N–H and O–H groups in total. The van der Waals surface area contributed by atoms with Crippen LogP contribution in [0.4, 0.5) is 11.4 Å². The Bertz CT molecular complexity index is 1140. The van der Waals surface area contributed by atoms with Crippen molar-refractivity contribution in [2.24, 2.45) is 0 Å². The topological polar surface area (TPSA) is 102 Å². The van der Waals surface area contributed by atoms with Gasteiger partial charge in [0, 0.05) is 48.0 Å². The minimum Gasteiger partial charge on any atom is -0.495 e. The molecule has 9 nitrogen and oxygen atoms in total. The molecule has 32 heavy (non-hydrogen) atoms. The molecule has 0 spiro atoms. The van der Waals surface area contributed by atoms with Gasteiger partial charge in [-0.1, -0.05) is 0 Å². The molecule has 2 aromatic heterocycles. The van der Waals surface area contributed by atoms with E-state index >= 15 is 0 Å².